The number of halogens is 3. The van der Waals surface area contributed by atoms with Gasteiger partial charge >= 0.3 is 6.18 Å². The van der Waals surface area contributed by atoms with Crippen LogP contribution >= 0.6 is 0 Å². The summed E-state index contributed by atoms with van der Waals surface area (Å²) < 4.78 is 47.2. The molecule has 3 aromatic rings. The summed E-state index contributed by atoms with van der Waals surface area (Å²) in [6.45, 7) is 4.05. The number of likely N-dealkylation sites (tertiary alicyclic amines) is 1. The highest BCUT2D eigenvalue weighted by atomic mass is 19.4. The van der Waals surface area contributed by atoms with E-state index >= 15 is 0 Å². The average molecular weight is 529 g/mol. The van der Waals surface area contributed by atoms with Crippen LogP contribution in [0, 0.1) is 18.8 Å². The van der Waals surface area contributed by atoms with Crippen molar-refractivity contribution in [1.29, 1.82) is 0 Å². The molecule has 0 amide bonds. The predicted molar refractivity (Wildman–Crippen MR) is 146 cm³/mol. The van der Waals surface area contributed by atoms with Crippen molar-refractivity contribution >= 4 is 22.3 Å². The highest BCUT2D eigenvalue weighted by Crippen LogP contribution is 2.31. The van der Waals surface area contributed by atoms with Gasteiger partial charge in [0.15, 0.2) is 0 Å². The third-order valence-corrected chi connectivity index (χ3v) is 6.80. The van der Waals surface area contributed by atoms with Gasteiger partial charge in [-0.25, -0.2) is 0 Å². The van der Waals surface area contributed by atoms with Gasteiger partial charge in [-0.1, -0.05) is 18.1 Å². The summed E-state index contributed by atoms with van der Waals surface area (Å²) in [6, 6.07) is 13.2. The second-order valence-corrected chi connectivity index (χ2v) is 9.67. The number of alkyl halides is 3. The van der Waals surface area contributed by atoms with Gasteiger partial charge in [0.2, 0.25) is 0 Å². The van der Waals surface area contributed by atoms with Crippen molar-refractivity contribution in [2.75, 3.05) is 50.5 Å². The zero-order valence-electron chi connectivity index (χ0n) is 21.9. The van der Waals surface area contributed by atoms with Crippen LogP contribution < -0.4 is 15.4 Å². The molecule has 1 aliphatic heterocycles. The van der Waals surface area contributed by atoms with Crippen molar-refractivity contribution in [2.24, 2.45) is 0 Å². The minimum atomic E-state index is -4.37. The van der Waals surface area contributed by atoms with E-state index in [0.717, 1.165) is 61.2 Å². The van der Waals surface area contributed by atoms with E-state index in [1.165, 1.54) is 4.57 Å². The smallest absolute Gasteiger partial charge is 0.406 e. The van der Waals surface area contributed by atoms with Crippen molar-refractivity contribution in [3.8, 4) is 17.6 Å². The number of nitrogens with zero attached hydrogens (tertiary/aromatic N) is 2. The molecule has 0 atom stereocenters. The van der Waals surface area contributed by atoms with Crippen LogP contribution in [-0.2, 0) is 6.54 Å². The maximum absolute atomic E-state index is 13.5. The maximum atomic E-state index is 13.5. The molecule has 1 fully saturated rings. The van der Waals surface area contributed by atoms with Crippen LogP contribution in [0.4, 0.5) is 24.5 Å². The van der Waals surface area contributed by atoms with E-state index in [9.17, 15) is 13.2 Å². The Labute approximate surface area is 221 Å². The van der Waals surface area contributed by atoms with Crippen molar-refractivity contribution in [2.45, 2.75) is 44.9 Å². The number of fused-ring (bicyclic) bond motifs is 1. The summed E-state index contributed by atoms with van der Waals surface area (Å²) in [5, 5.41) is 16.5. The number of benzene rings is 2. The standard InChI is InChI=1S/C29H35F3N4O2/c1-21-9-10-26(28(18-21)38-2)33-13-4-6-23-19-24-25(7-3-8-27(24)36(23)20-29(30,31)32)34-22-11-15-35(16-12-22)14-5-17-37/h3,7-10,18-19,22,33-34,37H,5,11-17,20H2,1-2H3. The lowest BCUT2D eigenvalue weighted by atomic mass is 10.0. The number of hydrogen-bond donors (Lipinski definition) is 3. The molecule has 0 spiro atoms. The number of methoxy groups -OCH3 is 1. The lowest BCUT2D eigenvalue weighted by Gasteiger charge is -2.32. The molecule has 0 radical (unpaired) electrons. The Morgan fingerprint density at radius 3 is 2.61 bits per heavy atom. The first-order valence-electron chi connectivity index (χ1n) is 12.9. The maximum Gasteiger partial charge on any atom is 0.406 e. The SMILES string of the molecule is COc1cc(C)ccc1NCC#Cc1cc2c(NC3CCN(CCCO)CC3)cccc2n1CC(F)(F)F. The number of rotatable bonds is 9. The van der Waals surface area contributed by atoms with E-state index in [2.05, 4.69) is 27.4 Å². The van der Waals surface area contributed by atoms with Crippen LogP contribution in [0.2, 0.25) is 0 Å². The van der Waals surface area contributed by atoms with E-state index < -0.39 is 12.7 Å². The fraction of sp³-hybridized carbons (Fsp3) is 0.448. The van der Waals surface area contributed by atoms with Crippen molar-refractivity contribution in [1.82, 2.24) is 9.47 Å². The van der Waals surface area contributed by atoms with Gasteiger partial charge in [-0.05, 0) is 68.0 Å². The topological polar surface area (TPSA) is 61.7 Å². The Morgan fingerprint density at radius 1 is 1.11 bits per heavy atom. The fourth-order valence-electron chi connectivity index (χ4n) is 4.90. The summed E-state index contributed by atoms with van der Waals surface area (Å²) in [5.41, 5.74) is 3.49. The number of nitrogens with one attached hydrogen (secondary N) is 2. The number of aliphatic hydroxyl groups is 1. The molecular weight excluding hydrogens is 493 g/mol. The highest BCUT2D eigenvalue weighted by Gasteiger charge is 2.30. The van der Waals surface area contributed by atoms with Crippen LogP contribution in [0.15, 0.2) is 42.5 Å². The van der Waals surface area contributed by atoms with Gasteiger partial charge in [0, 0.05) is 43.4 Å². The third-order valence-electron chi connectivity index (χ3n) is 6.80. The molecular formula is C29H35F3N4O2. The Bertz CT molecular complexity index is 1280. The number of aromatic nitrogens is 1. The molecule has 1 saturated heterocycles. The van der Waals surface area contributed by atoms with Gasteiger partial charge in [0.1, 0.15) is 12.3 Å². The van der Waals surface area contributed by atoms with E-state index in [4.69, 9.17) is 9.84 Å². The molecule has 9 heteroatoms. The number of aryl methyl sites for hydroxylation is 1. The number of ether oxygens (including phenoxy) is 1. The first kappa shape index (κ1) is 27.7. The molecule has 3 N–H and O–H groups in total. The van der Waals surface area contributed by atoms with Gasteiger partial charge in [-0.2, -0.15) is 13.2 Å². The van der Waals surface area contributed by atoms with Crippen molar-refractivity contribution in [3.05, 3.63) is 53.7 Å². The summed E-state index contributed by atoms with van der Waals surface area (Å²) in [4.78, 5) is 2.34. The molecule has 1 aliphatic rings. The normalized spacial score (nSPS) is 14.8. The van der Waals surface area contributed by atoms with Crippen LogP contribution in [0.25, 0.3) is 10.9 Å². The zero-order valence-corrected chi connectivity index (χ0v) is 21.9. The summed E-state index contributed by atoms with van der Waals surface area (Å²) in [6.07, 6.45) is -1.74. The molecule has 2 aromatic carbocycles. The van der Waals surface area contributed by atoms with Gasteiger partial charge in [-0.15, -0.1) is 0 Å². The summed E-state index contributed by atoms with van der Waals surface area (Å²) >= 11 is 0. The Hall–Kier alpha value is -3.35. The predicted octanol–water partition coefficient (Wildman–Crippen LogP) is 5.24. The quantitative estimate of drug-likeness (QED) is 0.332. The Kier molecular flexibility index (Phi) is 9.08. The van der Waals surface area contributed by atoms with Crippen LogP contribution in [0.3, 0.4) is 0 Å². The minimum absolute atomic E-state index is 0.191. The third kappa shape index (κ3) is 7.15. The van der Waals surface area contributed by atoms with Gasteiger partial charge in [0.05, 0.1) is 30.6 Å². The molecule has 38 heavy (non-hydrogen) atoms. The van der Waals surface area contributed by atoms with E-state index in [1.807, 2.05) is 31.2 Å². The number of aliphatic hydroxyl groups excluding tert-OH is 1. The first-order valence-corrected chi connectivity index (χ1v) is 12.9. The van der Waals surface area contributed by atoms with Crippen LogP contribution in [0.1, 0.15) is 30.5 Å². The number of anilines is 2. The lowest BCUT2D eigenvalue weighted by Crippen LogP contribution is -2.39. The lowest BCUT2D eigenvalue weighted by molar-refractivity contribution is -0.140. The van der Waals surface area contributed by atoms with Crippen LogP contribution in [0.5, 0.6) is 5.75 Å². The molecule has 0 unspecified atom stereocenters. The Balaban J connectivity index is 1.53. The Morgan fingerprint density at radius 2 is 1.89 bits per heavy atom. The van der Waals surface area contributed by atoms with Gasteiger partial charge < -0.3 is 29.9 Å². The molecule has 0 bridgehead atoms. The van der Waals surface area contributed by atoms with Crippen molar-refractivity contribution < 1.29 is 23.0 Å². The molecule has 0 saturated carbocycles. The minimum Gasteiger partial charge on any atom is -0.495 e. The summed E-state index contributed by atoms with van der Waals surface area (Å²) in [5.74, 6) is 6.62. The molecule has 0 aliphatic carbocycles. The second kappa shape index (κ2) is 12.5. The molecule has 2 heterocycles. The summed E-state index contributed by atoms with van der Waals surface area (Å²) in [7, 11) is 1.59. The molecule has 4 rings (SSSR count). The molecule has 204 valence electrons. The van der Waals surface area contributed by atoms with E-state index in [-0.39, 0.29) is 19.2 Å². The van der Waals surface area contributed by atoms with Crippen LogP contribution in [-0.4, -0.2) is 66.7 Å². The molecule has 1 aromatic heterocycles. The number of hydrogen-bond acceptors (Lipinski definition) is 5. The van der Waals surface area contributed by atoms with Crippen molar-refractivity contribution in [3.63, 3.8) is 0 Å². The average Bonchev–Trinajstić information content (AvgIpc) is 3.23. The zero-order chi connectivity index (χ0) is 27.1. The van der Waals surface area contributed by atoms with Gasteiger partial charge in [-0.3, -0.25) is 0 Å². The fourth-order valence-corrected chi connectivity index (χ4v) is 4.90. The van der Waals surface area contributed by atoms with E-state index in [0.29, 0.717) is 17.0 Å². The van der Waals surface area contributed by atoms with E-state index in [1.54, 1.807) is 25.3 Å². The largest absolute Gasteiger partial charge is 0.495 e. The first-order chi connectivity index (χ1) is 18.3. The monoisotopic (exact) mass is 528 g/mol. The highest BCUT2D eigenvalue weighted by molar-refractivity contribution is 5.94. The second-order valence-electron chi connectivity index (χ2n) is 9.67. The molecule has 6 nitrogen and oxygen atoms in total. The number of piperidine rings is 1. The van der Waals surface area contributed by atoms with Gasteiger partial charge in [0.25, 0.3) is 0 Å².